The maximum absolute atomic E-state index is 3.51. The summed E-state index contributed by atoms with van der Waals surface area (Å²) in [6.07, 6.45) is 0. The van der Waals surface area contributed by atoms with Gasteiger partial charge in [-0.15, -0.1) is 0 Å². The molecule has 2 aromatic carbocycles. The number of anilines is 1. The van der Waals surface area contributed by atoms with E-state index in [1.165, 1.54) is 33.5 Å². The van der Waals surface area contributed by atoms with E-state index in [0.29, 0.717) is 0 Å². The van der Waals surface area contributed by atoms with Crippen molar-refractivity contribution in [1.82, 2.24) is 0 Å². The van der Waals surface area contributed by atoms with E-state index in [2.05, 4.69) is 69.4 Å². The predicted molar refractivity (Wildman–Crippen MR) is 79.2 cm³/mol. The molecule has 0 aliphatic carbocycles. The van der Waals surface area contributed by atoms with Gasteiger partial charge in [0, 0.05) is 12.2 Å². The quantitative estimate of drug-likeness (QED) is 0.829. The van der Waals surface area contributed by atoms with Crippen LogP contribution in [0.15, 0.2) is 36.4 Å². The largest absolute Gasteiger partial charge is 0.381 e. The molecule has 0 bridgehead atoms. The van der Waals surface area contributed by atoms with Crippen molar-refractivity contribution in [1.29, 1.82) is 0 Å². The first-order chi connectivity index (χ1) is 8.54. The molecular weight excluding hydrogens is 218 g/mol. The fourth-order valence-electron chi connectivity index (χ4n) is 2.38. The van der Waals surface area contributed by atoms with Crippen molar-refractivity contribution in [2.24, 2.45) is 0 Å². The van der Waals surface area contributed by atoms with Crippen LogP contribution >= 0.6 is 0 Å². The molecule has 0 amide bonds. The Bertz CT molecular complexity index is 535. The number of hydrogen-bond donors (Lipinski definition) is 1. The lowest BCUT2D eigenvalue weighted by Crippen LogP contribution is -2.01. The molecular formula is C17H21N. The van der Waals surface area contributed by atoms with E-state index in [1.807, 2.05) is 0 Å². The van der Waals surface area contributed by atoms with Gasteiger partial charge in [0.1, 0.15) is 0 Å². The van der Waals surface area contributed by atoms with Crippen molar-refractivity contribution in [3.05, 3.63) is 64.2 Å². The lowest BCUT2D eigenvalue weighted by Gasteiger charge is -2.11. The van der Waals surface area contributed by atoms with Crippen LogP contribution in [0.2, 0.25) is 0 Å². The summed E-state index contributed by atoms with van der Waals surface area (Å²) in [6.45, 7) is 9.45. The summed E-state index contributed by atoms with van der Waals surface area (Å²) in [4.78, 5) is 0. The van der Waals surface area contributed by atoms with Crippen LogP contribution in [0, 0.1) is 27.7 Å². The molecule has 0 unspecified atom stereocenters. The summed E-state index contributed by atoms with van der Waals surface area (Å²) in [5.74, 6) is 0. The Hall–Kier alpha value is -1.76. The molecule has 0 aromatic heterocycles. The van der Waals surface area contributed by atoms with Crippen LogP contribution < -0.4 is 5.32 Å². The van der Waals surface area contributed by atoms with Crippen LogP contribution in [-0.4, -0.2) is 0 Å². The van der Waals surface area contributed by atoms with E-state index in [4.69, 9.17) is 0 Å². The van der Waals surface area contributed by atoms with E-state index < -0.39 is 0 Å². The van der Waals surface area contributed by atoms with Crippen molar-refractivity contribution in [3.63, 3.8) is 0 Å². The molecule has 0 spiro atoms. The van der Waals surface area contributed by atoms with Crippen molar-refractivity contribution in [3.8, 4) is 0 Å². The minimum Gasteiger partial charge on any atom is -0.381 e. The third-order valence-electron chi connectivity index (χ3n) is 3.15. The zero-order chi connectivity index (χ0) is 13.1. The number of hydrogen-bond acceptors (Lipinski definition) is 1. The number of aryl methyl sites for hydroxylation is 4. The summed E-state index contributed by atoms with van der Waals surface area (Å²) in [6, 6.07) is 13.2. The second-order valence-electron chi connectivity index (χ2n) is 5.17. The van der Waals surface area contributed by atoms with E-state index >= 15 is 0 Å². The molecule has 1 nitrogen and oxygen atoms in total. The molecule has 0 radical (unpaired) electrons. The first kappa shape index (κ1) is 12.7. The van der Waals surface area contributed by atoms with Crippen LogP contribution in [0.5, 0.6) is 0 Å². The van der Waals surface area contributed by atoms with E-state index in [-0.39, 0.29) is 0 Å². The Labute approximate surface area is 110 Å². The van der Waals surface area contributed by atoms with Gasteiger partial charge in [0.15, 0.2) is 0 Å². The third kappa shape index (κ3) is 3.13. The van der Waals surface area contributed by atoms with E-state index in [1.54, 1.807) is 0 Å². The molecule has 0 aliphatic rings. The van der Waals surface area contributed by atoms with Crippen molar-refractivity contribution >= 4 is 5.69 Å². The van der Waals surface area contributed by atoms with Gasteiger partial charge in [-0.3, -0.25) is 0 Å². The lowest BCUT2D eigenvalue weighted by molar-refractivity contribution is 1.12. The first-order valence-electron chi connectivity index (χ1n) is 6.43. The van der Waals surface area contributed by atoms with E-state index in [0.717, 1.165) is 6.54 Å². The third-order valence-corrected chi connectivity index (χ3v) is 3.15. The van der Waals surface area contributed by atoms with Crippen LogP contribution in [0.25, 0.3) is 0 Å². The summed E-state index contributed by atoms with van der Waals surface area (Å²) in [5.41, 5.74) is 7.83. The zero-order valence-electron chi connectivity index (χ0n) is 11.7. The summed E-state index contributed by atoms with van der Waals surface area (Å²) < 4.78 is 0. The van der Waals surface area contributed by atoms with E-state index in [9.17, 15) is 0 Å². The van der Waals surface area contributed by atoms with Crippen molar-refractivity contribution < 1.29 is 0 Å². The van der Waals surface area contributed by atoms with Crippen molar-refractivity contribution in [2.45, 2.75) is 34.2 Å². The molecule has 1 heteroatoms. The molecule has 0 aliphatic heterocycles. The van der Waals surface area contributed by atoms with Gasteiger partial charge in [0.25, 0.3) is 0 Å². The molecule has 1 N–H and O–H groups in total. The molecule has 0 fully saturated rings. The highest BCUT2D eigenvalue weighted by atomic mass is 14.9. The van der Waals surface area contributed by atoms with Crippen LogP contribution in [0.3, 0.4) is 0 Å². The summed E-state index contributed by atoms with van der Waals surface area (Å²) >= 11 is 0. The molecule has 0 saturated carbocycles. The maximum atomic E-state index is 3.51. The van der Waals surface area contributed by atoms with Gasteiger partial charge >= 0.3 is 0 Å². The number of rotatable bonds is 3. The number of nitrogens with one attached hydrogen (secondary N) is 1. The minimum absolute atomic E-state index is 0.881. The molecule has 0 heterocycles. The molecule has 2 aromatic rings. The highest BCUT2D eigenvalue weighted by Gasteiger charge is 1.99. The fourth-order valence-corrected chi connectivity index (χ4v) is 2.38. The Morgan fingerprint density at radius 1 is 0.778 bits per heavy atom. The monoisotopic (exact) mass is 239 g/mol. The standard InChI is InChI=1S/C17H21N/c1-12-5-6-17(15(4)8-12)18-11-16-9-13(2)7-14(3)10-16/h5-10,18H,11H2,1-4H3. The first-order valence-corrected chi connectivity index (χ1v) is 6.43. The highest BCUT2D eigenvalue weighted by molar-refractivity contribution is 5.52. The van der Waals surface area contributed by atoms with Crippen LogP contribution in [0.1, 0.15) is 27.8 Å². The summed E-state index contributed by atoms with van der Waals surface area (Å²) in [7, 11) is 0. The normalized spacial score (nSPS) is 10.4. The Balaban J connectivity index is 2.11. The second kappa shape index (κ2) is 5.26. The van der Waals surface area contributed by atoms with Crippen molar-refractivity contribution in [2.75, 3.05) is 5.32 Å². The van der Waals surface area contributed by atoms with Gasteiger partial charge in [-0.05, 0) is 44.9 Å². The lowest BCUT2D eigenvalue weighted by atomic mass is 10.1. The average molecular weight is 239 g/mol. The van der Waals surface area contributed by atoms with Crippen LogP contribution in [0.4, 0.5) is 5.69 Å². The second-order valence-corrected chi connectivity index (χ2v) is 5.17. The van der Waals surface area contributed by atoms with Gasteiger partial charge in [0.2, 0.25) is 0 Å². The predicted octanol–water partition coefficient (Wildman–Crippen LogP) is 4.53. The van der Waals surface area contributed by atoms with Crippen LogP contribution in [-0.2, 0) is 6.54 Å². The minimum atomic E-state index is 0.881. The highest BCUT2D eigenvalue weighted by Crippen LogP contribution is 2.17. The topological polar surface area (TPSA) is 12.0 Å². The van der Waals surface area contributed by atoms with Gasteiger partial charge in [-0.25, -0.2) is 0 Å². The van der Waals surface area contributed by atoms with Gasteiger partial charge in [0.05, 0.1) is 0 Å². The van der Waals surface area contributed by atoms with Gasteiger partial charge in [-0.2, -0.15) is 0 Å². The molecule has 2 rings (SSSR count). The molecule has 94 valence electrons. The smallest absolute Gasteiger partial charge is 0.0401 e. The summed E-state index contributed by atoms with van der Waals surface area (Å²) in [5, 5.41) is 3.51. The Morgan fingerprint density at radius 3 is 2.06 bits per heavy atom. The Kier molecular flexibility index (Phi) is 3.71. The number of benzene rings is 2. The maximum Gasteiger partial charge on any atom is 0.0401 e. The average Bonchev–Trinajstić information content (AvgIpc) is 2.26. The molecule has 0 atom stereocenters. The molecule has 18 heavy (non-hydrogen) atoms. The van der Waals surface area contributed by atoms with Gasteiger partial charge < -0.3 is 5.32 Å². The van der Waals surface area contributed by atoms with Gasteiger partial charge in [-0.1, -0.05) is 47.0 Å². The molecule has 0 saturated heterocycles. The Morgan fingerprint density at radius 2 is 1.44 bits per heavy atom. The fraction of sp³-hybridized carbons (Fsp3) is 0.294. The zero-order valence-corrected chi connectivity index (χ0v) is 11.7. The SMILES string of the molecule is Cc1cc(C)cc(CNc2ccc(C)cc2C)c1.